The number of hydrogen-bond acceptors (Lipinski definition) is 5. The Bertz CT molecular complexity index is 1070. The minimum absolute atomic E-state index is 0.0689. The van der Waals surface area contributed by atoms with Crippen LogP contribution in [-0.4, -0.2) is 40.4 Å². The Balaban J connectivity index is 1.70. The predicted octanol–water partition coefficient (Wildman–Crippen LogP) is 2.84. The van der Waals surface area contributed by atoms with Crippen molar-refractivity contribution in [3.63, 3.8) is 0 Å². The highest BCUT2D eigenvalue weighted by Crippen LogP contribution is 2.24. The van der Waals surface area contributed by atoms with Gasteiger partial charge in [-0.2, -0.15) is 0 Å². The molecule has 3 aromatic rings. The minimum Gasteiger partial charge on any atom is -0.345 e. The molecular weight excluding hydrogens is 388 g/mol. The molecule has 140 valence electrons. The molecule has 1 aromatic carbocycles. The van der Waals surface area contributed by atoms with Crippen LogP contribution in [0, 0.1) is 0 Å². The summed E-state index contributed by atoms with van der Waals surface area (Å²) < 4.78 is 1.40. The van der Waals surface area contributed by atoms with E-state index >= 15 is 0 Å². The summed E-state index contributed by atoms with van der Waals surface area (Å²) in [7, 11) is 3.29. The summed E-state index contributed by atoms with van der Waals surface area (Å²) in [4.78, 5) is 43.0. The molecule has 2 amide bonds. The number of fused-ring (bicyclic) bond motifs is 1. The molecule has 27 heavy (non-hydrogen) atoms. The molecule has 2 aromatic heterocycles. The fourth-order valence-electron chi connectivity index (χ4n) is 2.50. The number of rotatable bonds is 5. The number of amides is 2. The zero-order valence-electron chi connectivity index (χ0n) is 14.7. The van der Waals surface area contributed by atoms with Crippen molar-refractivity contribution in [2.45, 2.75) is 13.0 Å². The van der Waals surface area contributed by atoms with Crippen molar-refractivity contribution < 1.29 is 9.59 Å². The minimum atomic E-state index is -0.316. The van der Waals surface area contributed by atoms with Gasteiger partial charge in [0.1, 0.15) is 4.83 Å². The van der Waals surface area contributed by atoms with Gasteiger partial charge in [-0.1, -0.05) is 11.6 Å². The SMILES string of the molecule is CN(C)C(=O)c1ccc(Cl)c(NC(=O)CCn2cnc3sccc3c2=O)c1. The van der Waals surface area contributed by atoms with E-state index in [1.807, 2.05) is 0 Å². The molecule has 0 spiro atoms. The number of halogens is 1. The predicted molar refractivity (Wildman–Crippen MR) is 107 cm³/mol. The maximum absolute atomic E-state index is 12.3. The number of thiophene rings is 1. The second kappa shape index (κ2) is 7.89. The lowest BCUT2D eigenvalue weighted by atomic mass is 10.1. The number of aromatic nitrogens is 2. The number of hydrogen-bond donors (Lipinski definition) is 1. The van der Waals surface area contributed by atoms with Gasteiger partial charge in [0, 0.05) is 32.6 Å². The zero-order chi connectivity index (χ0) is 19.6. The first kappa shape index (κ1) is 19.1. The van der Waals surface area contributed by atoms with Crippen LogP contribution >= 0.6 is 22.9 Å². The first-order valence-corrected chi connectivity index (χ1v) is 9.36. The van der Waals surface area contributed by atoms with Crippen molar-refractivity contribution in [1.82, 2.24) is 14.5 Å². The summed E-state index contributed by atoms with van der Waals surface area (Å²) in [6.45, 7) is 0.192. The molecule has 0 atom stereocenters. The molecule has 9 heteroatoms. The molecule has 0 bridgehead atoms. The Kier molecular flexibility index (Phi) is 5.57. The van der Waals surface area contributed by atoms with Crippen LogP contribution in [0.25, 0.3) is 10.2 Å². The molecule has 0 fully saturated rings. The van der Waals surface area contributed by atoms with Gasteiger partial charge in [0.05, 0.1) is 22.4 Å². The molecule has 0 saturated carbocycles. The second-order valence-corrected chi connectivity index (χ2v) is 7.38. The van der Waals surface area contributed by atoms with Gasteiger partial charge in [0.25, 0.3) is 11.5 Å². The molecule has 0 aliphatic rings. The number of carbonyl (C=O) groups excluding carboxylic acids is 2. The quantitative estimate of drug-likeness (QED) is 0.708. The van der Waals surface area contributed by atoms with Crippen LogP contribution in [0.1, 0.15) is 16.8 Å². The van der Waals surface area contributed by atoms with Crippen molar-refractivity contribution >= 4 is 50.7 Å². The Morgan fingerprint density at radius 2 is 2.07 bits per heavy atom. The summed E-state index contributed by atoms with van der Waals surface area (Å²) in [5.74, 6) is -0.507. The van der Waals surface area contributed by atoms with Gasteiger partial charge in [-0.3, -0.25) is 19.0 Å². The number of nitrogens with zero attached hydrogens (tertiary/aromatic N) is 3. The Morgan fingerprint density at radius 3 is 2.81 bits per heavy atom. The largest absolute Gasteiger partial charge is 0.345 e. The number of anilines is 1. The van der Waals surface area contributed by atoms with Crippen molar-refractivity contribution in [2.24, 2.45) is 0 Å². The van der Waals surface area contributed by atoms with E-state index in [4.69, 9.17) is 11.6 Å². The number of nitrogens with one attached hydrogen (secondary N) is 1. The monoisotopic (exact) mass is 404 g/mol. The second-order valence-electron chi connectivity index (χ2n) is 6.07. The summed E-state index contributed by atoms with van der Waals surface area (Å²) in [5, 5.41) is 5.37. The fourth-order valence-corrected chi connectivity index (χ4v) is 3.39. The van der Waals surface area contributed by atoms with E-state index in [9.17, 15) is 14.4 Å². The van der Waals surface area contributed by atoms with Crippen molar-refractivity contribution in [3.05, 3.63) is 56.9 Å². The van der Waals surface area contributed by atoms with Crippen LogP contribution < -0.4 is 10.9 Å². The van der Waals surface area contributed by atoms with Crippen LogP contribution in [0.15, 0.2) is 40.8 Å². The van der Waals surface area contributed by atoms with Crippen LogP contribution in [-0.2, 0) is 11.3 Å². The van der Waals surface area contributed by atoms with E-state index in [-0.39, 0.29) is 30.3 Å². The maximum Gasteiger partial charge on any atom is 0.262 e. The van der Waals surface area contributed by atoms with Crippen LogP contribution in [0.5, 0.6) is 0 Å². The zero-order valence-corrected chi connectivity index (χ0v) is 16.3. The number of benzene rings is 1. The Labute approximate surface area is 164 Å². The van der Waals surface area contributed by atoms with Crippen LogP contribution in [0.3, 0.4) is 0 Å². The van der Waals surface area contributed by atoms with Gasteiger partial charge in [-0.15, -0.1) is 11.3 Å². The highest BCUT2D eigenvalue weighted by Gasteiger charge is 2.13. The standard InChI is InChI=1S/C18H17ClN4O3S/c1-22(2)17(25)11-3-4-13(19)14(9-11)21-15(24)5-7-23-10-20-16-12(18(23)26)6-8-27-16/h3-4,6,8-10H,5,7H2,1-2H3,(H,21,24). The maximum atomic E-state index is 12.3. The van der Waals surface area contributed by atoms with Gasteiger partial charge >= 0.3 is 0 Å². The number of carbonyl (C=O) groups is 2. The van der Waals surface area contributed by atoms with Crippen molar-refractivity contribution in [3.8, 4) is 0 Å². The Morgan fingerprint density at radius 1 is 1.30 bits per heavy atom. The van der Waals surface area contributed by atoms with Gasteiger partial charge < -0.3 is 10.2 Å². The van der Waals surface area contributed by atoms with Gasteiger partial charge in [0.2, 0.25) is 5.91 Å². The molecule has 0 unspecified atom stereocenters. The van der Waals surface area contributed by atoms with E-state index in [0.717, 1.165) is 0 Å². The van der Waals surface area contributed by atoms with Crippen LogP contribution in [0.4, 0.5) is 5.69 Å². The normalized spacial score (nSPS) is 10.8. The molecule has 2 heterocycles. The van der Waals surface area contributed by atoms with Gasteiger partial charge in [0.15, 0.2) is 0 Å². The van der Waals surface area contributed by atoms with Crippen LogP contribution in [0.2, 0.25) is 5.02 Å². The van der Waals surface area contributed by atoms with Crippen molar-refractivity contribution in [2.75, 3.05) is 19.4 Å². The lowest BCUT2D eigenvalue weighted by Gasteiger charge is -2.13. The van der Waals surface area contributed by atoms with Gasteiger partial charge in [-0.05, 0) is 29.6 Å². The van der Waals surface area contributed by atoms with E-state index in [0.29, 0.717) is 26.5 Å². The average Bonchev–Trinajstić information content (AvgIpc) is 3.12. The summed E-state index contributed by atoms with van der Waals surface area (Å²) in [6, 6.07) is 6.42. The lowest BCUT2D eigenvalue weighted by Crippen LogP contribution is -2.24. The van der Waals surface area contributed by atoms with E-state index < -0.39 is 0 Å². The molecule has 3 rings (SSSR count). The highest BCUT2D eigenvalue weighted by molar-refractivity contribution is 7.16. The first-order chi connectivity index (χ1) is 12.9. The lowest BCUT2D eigenvalue weighted by molar-refractivity contribution is -0.116. The number of aryl methyl sites for hydroxylation is 1. The molecule has 7 nitrogen and oxygen atoms in total. The molecule has 0 aliphatic carbocycles. The topological polar surface area (TPSA) is 84.3 Å². The average molecular weight is 405 g/mol. The third-order valence-electron chi connectivity index (χ3n) is 3.92. The molecule has 1 N–H and O–H groups in total. The van der Waals surface area contributed by atoms with Crippen molar-refractivity contribution in [1.29, 1.82) is 0 Å². The molecule has 0 saturated heterocycles. The third-order valence-corrected chi connectivity index (χ3v) is 5.07. The summed E-state index contributed by atoms with van der Waals surface area (Å²) in [6.07, 6.45) is 1.51. The Hall–Kier alpha value is -2.71. The summed E-state index contributed by atoms with van der Waals surface area (Å²) in [5.41, 5.74) is 0.599. The smallest absolute Gasteiger partial charge is 0.262 e. The van der Waals surface area contributed by atoms with Gasteiger partial charge in [-0.25, -0.2) is 4.98 Å². The van der Waals surface area contributed by atoms with E-state index in [1.165, 1.54) is 33.2 Å². The molecular formula is C18H17ClN4O3S. The first-order valence-electron chi connectivity index (χ1n) is 8.10. The van der Waals surface area contributed by atoms with E-state index in [1.54, 1.807) is 37.7 Å². The van der Waals surface area contributed by atoms with E-state index in [2.05, 4.69) is 10.3 Å². The fraction of sp³-hybridized carbons (Fsp3) is 0.222. The molecule has 0 radical (unpaired) electrons. The third kappa shape index (κ3) is 4.17. The highest BCUT2D eigenvalue weighted by atomic mass is 35.5. The molecule has 0 aliphatic heterocycles. The summed E-state index contributed by atoms with van der Waals surface area (Å²) >= 11 is 7.51.